The van der Waals surface area contributed by atoms with Crippen molar-refractivity contribution in [2.45, 2.75) is 79.1 Å². The van der Waals surface area contributed by atoms with Crippen molar-refractivity contribution in [3.63, 3.8) is 0 Å². The molecule has 0 aliphatic heterocycles. The number of carbonyl (C=O) groups excluding carboxylic acids is 3. The molecule has 0 fully saturated rings. The van der Waals surface area contributed by atoms with Crippen molar-refractivity contribution in [1.29, 1.82) is 0 Å². The second-order valence-corrected chi connectivity index (χ2v) is 14.6. The summed E-state index contributed by atoms with van der Waals surface area (Å²) >= 11 is 1.35. The van der Waals surface area contributed by atoms with Crippen LogP contribution >= 0.6 is 11.3 Å². The number of ether oxygens (including phenoxy) is 3. The minimum absolute atomic E-state index is 0.107. The summed E-state index contributed by atoms with van der Waals surface area (Å²) in [4.78, 5) is 63.7. The van der Waals surface area contributed by atoms with Gasteiger partial charge in [-0.3, -0.25) is 4.98 Å². The molecule has 0 aliphatic carbocycles. The molecule has 1 amide bonds. The van der Waals surface area contributed by atoms with Gasteiger partial charge in [0.25, 0.3) is 0 Å². The molecule has 14 nitrogen and oxygen atoms in total. The first-order valence-corrected chi connectivity index (χ1v) is 17.3. The lowest BCUT2D eigenvalue weighted by molar-refractivity contribution is 0.0253. The highest BCUT2D eigenvalue weighted by molar-refractivity contribution is 7.18. The molecule has 0 atom stereocenters. The van der Waals surface area contributed by atoms with Crippen molar-refractivity contribution < 1.29 is 33.0 Å². The Morgan fingerprint density at radius 2 is 1.71 bits per heavy atom. The topological polar surface area (TPSA) is 164 Å². The van der Waals surface area contributed by atoms with E-state index in [1.165, 1.54) is 45.5 Å². The number of thiazole rings is 1. The number of aromatic nitrogens is 6. The van der Waals surface area contributed by atoms with Gasteiger partial charge in [0.2, 0.25) is 0 Å². The molecule has 51 heavy (non-hydrogen) atoms. The second-order valence-electron chi connectivity index (χ2n) is 13.5. The van der Waals surface area contributed by atoms with Crippen molar-refractivity contribution >= 4 is 56.7 Å². The van der Waals surface area contributed by atoms with Gasteiger partial charge in [-0.05, 0) is 78.8 Å². The van der Waals surface area contributed by atoms with Gasteiger partial charge in [0.05, 0.1) is 40.5 Å². The van der Waals surface area contributed by atoms with E-state index in [0.29, 0.717) is 50.0 Å². The number of imidazole rings is 1. The number of amides is 1. The quantitative estimate of drug-likeness (QED) is 0.116. The van der Waals surface area contributed by atoms with Gasteiger partial charge in [-0.25, -0.2) is 43.3 Å². The van der Waals surface area contributed by atoms with Gasteiger partial charge < -0.3 is 24.4 Å². The number of rotatable bonds is 11. The molecule has 270 valence electrons. The third kappa shape index (κ3) is 9.51. The number of hydrogen-bond donors (Lipinski definition) is 1. The van der Waals surface area contributed by atoms with Crippen LogP contribution in [0.25, 0.3) is 21.4 Å². The van der Waals surface area contributed by atoms with E-state index in [1.807, 2.05) is 0 Å². The monoisotopic (exact) mass is 720 g/mol. The first-order chi connectivity index (χ1) is 24.1. The third-order valence-electron chi connectivity index (χ3n) is 7.16. The zero-order valence-electron chi connectivity index (χ0n) is 29.7. The van der Waals surface area contributed by atoms with E-state index < -0.39 is 35.2 Å². The molecule has 5 rings (SSSR count). The first kappa shape index (κ1) is 37.0. The van der Waals surface area contributed by atoms with Crippen LogP contribution in [0, 0.1) is 5.82 Å². The maximum absolute atomic E-state index is 14.1. The van der Waals surface area contributed by atoms with Gasteiger partial charge in [0.15, 0.2) is 5.82 Å². The molecule has 4 heterocycles. The maximum Gasteiger partial charge on any atom is 0.420 e. The van der Waals surface area contributed by atoms with Gasteiger partial charge in [-0.1, -0.05) is 11.3 Å². The lowest BCUT2D eigenvalue weighted by Gasteiger charge is -2.27. The Morgan fingerprint density at radius 1 is 0.961 bits per heavy atom. The van der Waals surface area contributed by atoms with Crippen LogP contribution in [0.3, 0.4) is 0 Å². The van der Waals surface area contributed by atoms with Crippen molar-refractivity contribution in [3.05, 3.63) is 70.8 Å². The van der Waals surface area contributed by atoms with Gasteiger partial charge in [-0.2, -0.15) is 0 Å². The standard InChI is InChI=1S/C35H41FN8O6S/c1-8-48-31(45)21-11-12-25-23(18-21)41-26(44(25)33(47)50-35(5,6)7)13-16-43(32(46)49-34(2,3)4)17-14-27-42-28-29(39-20-40-30(28)51-27)38-19-24-22(36)10-9-15-37-24/h9-12,15,18,20H,8,13-14,16-17,19H2,1-7H3,(H,38,39,40). The van der Waals surface area contributed by atoms with Crippen LogP contribution in [0.5, 0.6) is 0 Å². The second kappa shape index (κ2) is 15.3. The zero-order chi connectivity index (χ0) is 36.9. The summed E-state index contributed by atoms with van der Waals surface area (Å²) in [5, 5.41) is 3.79. The van der Waals surface area contributed by atoms with Crippen LogP contribution in [0.4, 0.5) is 19.8 Å². The van der Waals surface area contributed by atoms with E-state index in [1.54, 1.807) is 66.7 Å². The number of halogens is 1. The Hall–Kier alpha value is -5.25. The largest absolute Gasteiger partial charge is 0.462 e. The number of fused-ring (bicyclic) bond motifs is 2. The zero-order valence-corrected chi connectivity index (χ0v) is 30.5. The summed E-state index contributed by atoms with van der Waals surface area (Å²) in [5.74, 6) is -0.165. The molecule has 0 aliphatic rings. The van der Waals surface area contributed by atoms with E-state index in [0.717, 1.165) is 0 Å². The fourth-order valence-corrected chi connectivity index (χ4v) is 5.88. The molecule has 5 aromatic rings. The van der Waals surface area contributed by atoms with Crippen molar-refractivity contribution in [1.82, 2.24) is 34.4 Å². The number of nitrogens with one attached hydrogen (secondary N) is 1. The predicted octanol–water partition coefficient (Wildman–Crippen LogP) is 6.56. The van der Waals surface area contributed by atoms with Crippen LogP contribution < -0.4 is 5.32 Å². The highest BCUT2D eigenvalue weighted by atomic mass is 32.1. The minimum atomic E-state index is -0.788. The SMILES string of the molecule is CCOC(=O)c1ccc2c(c1)nc(CCN(CCc1nc3c(NCc4ncccc4F)ncnc3s1)C(=O)OC(C)(C)C)n2C(=O)OC(C)(C)C. The molecule has 0 spiro atoms. The summed E-state index contributed by atoms with van der Waals surface area (Å²) in [6.45, 7) is 13.0. The van der Waals surface area contributed by atoms with Crippen LogP contribution in [0.2, 0.25) is 0 Å². The Bertz CT molecular complexity index is 2050. The molecule has 0 unspecified atom stereocenters. The van der Waals surface area contributed by atoms with Gasteiger partial charge >= 0.3 is 18.2 Å². The Morgan fingerprint density at radius 3 is 2.41 bits per heavy atom. The van der Waals surface area contributed by atoms with Gasteiger partial charge in [0, 0.05) is 32.1 Å². The van der Waals surface area contributed by atoms with E-state index in [2.05, 4.69) is 25.3 Å². The Balaban J connectivity index is 1.39. The van der Waals surface area contributed by atoms with E-state index >= 15 is 0 Å². The number of esters is 1. The number of hydrogen-bond acceptors (Lipinski definition) is 13. The average molecular weight is 721 g/mol. The molecule has 1 N–H and O–H groups in total. The van der Waals surface area contributed by atoms with Crippen molar-refractivity contribution in [3.8, 4) is 0 Å². The molecule has 0 bridgehead atoms. The molecular formula is C35H41FN8O6S. The van der Waals surface area contributed by atoms with Crippen LogP contribution in [0.15, 0.2) is 42.9 Å². The number of pyridine rings is 1. The predicted molar refractivity (Wildman–Crippen MR) is 189 cm³/mol. The first-order valence-electron chi connectivity index (χ1n) is 16.5. The van der Waals surface area contributed by atoms with Crippen LogP contribution in [0.1, 0.15) is 75.4 Å². The highest BCUT2D eigenvalue weighted by Gasteiger charge is 2.27. The third-order valence-corrected chi connectivity index (χ3v) is 8.18. The number of nitrogens with zero attached hydrogens (tertiary/aromatic N) is 7. The smallest absolute Gasteiger partial charge is 0.420 e. The Labute approximate surface area is 298 Å². The summed E-state index contributed by atoms with van der Waals surface area (Å²) in [6, 6.07) is 7.62. The molecule has 0 radical (unpaired) electrons. The fraction of sp³-hybridized carbons (Fsp3) is 0.429. The average Bonchev–Trinajstić information content (AvgIpc) is 3.64. The maximum atomic E-state index is 14.1. The lowest BCUT2D eigenvalue weighted by Crippen LogP contribution is -2.39. The normalized spacial score (nSPS) is 11.8. The van der Waals surface area contributed by atoms with Crippen LogP contribution in [-0.2, 0) is 33.6 Å². The van der Waals surface area contributed by atoms with Crippen molar-refractivity contribution in [2.75, 3.05) is 25.0 Å². The molecule has 4 aromatic heterocycles. The molecule has 0 saturated carbocycles. The lowest BCUT2D eigenvalue weighted by atomic mass is 10.2. The molecule has 0 saturated heterocycles. The summed E-state index contributed by atoms with van der Waals surface area (Å²) < 4.78 is 32.1. The number of anilines is 1. The van der Waals surface area contributed by atoms with Gasteiger partial charge in [0.1, 0.15) is 39.5 Å². The summed E-state index contributed by atoms with van der Waals surface area (Å²) in [7, 11) is 0. The fourth-order valence-electron chi connectivity index (χ4n) is 4.99. The van der Waals surface area contributed by atoms with E-state index in [9.17, 15) is 18.8 Å². The summed E-state index contributed by atoms with van der Waals surface area (Å²) in [5.41, 5.74) is 0.352. The molecule has 16 heteroatoms. The van der Waals surface area contributed by atoms with Gasteiger partial charge in [-0.15, -0.1) is 0 Å². The minimum Gasteiger partial charge on any atom is -0.462 e. The van der Waals surface area contributed by atoms with Crippen molar-refractivity contribution in [2.24, 2.45) is 0 Å². The van der Waals surface area contributed by atoms with E-state index in [-0.39, 0.29) is 38.4 Å². The number of carbonyl (C=O) groups is 3. The Kier molecular flexibility index (Phi) is 11.1. The highest BCUT2D eigenvalue weighted by Crippen LogP contribution is 2.26. The van der Waals surface area contributed by atoms with E-state index in [4.69, 9.17) is 19.2 Å². The molecule has 1 aromatic carbocycles. The number of benzene rings is 1. The van der Waals surface area contributed by atoms with Crippen LogP contribution in [-0.4, -0.2) is 83.4 Å². The molecular weight excluding hydrogens is 680 g/mol. The summed E-state index contributed by atoms with van der Waals surface area (Å²) in [6.07, 6.45) is 2.25.